The Bertz CT molecular complexity index is 901. The van der Waals surface area contributed by atoms with E-state index in [2.05, 4.69) is 15.1 Å². The number of rotatable bonds is 5. The van der Waals surface area contributed by atoms with Crippen molar-refractivity contribution in [3.63, 3.8) is 0 Å². The van der Waals surface area contributed by atoms with E-state index in [0.717, 1.165) is 61.9 Å². The first-order valence-corrected chi connectivity index (χ1v) is 9.60. The first-order chi connectivity index (χ1) is 14.0. The van der Waals surface area contributed by atoms with Crippen LogP contribution in [0.4, 0.5) is 14.5 Å². The SMILES string of the molecule is C[C@H](C(=O)Nc1ccc(F)cc1F)N1CCN(Cc2ccc3c(c2)OCO3)CC1. The number of fused-ring (bicyclic) bond motifs is 1. The molecule has 0 radical (unpaired) electrons. The maximum atomic E-state index is 13.8. The molecule has 8 heteroatoms. The van der Waals surface area contributed by atoms with Gasteiger partial charge in [0.1, 0.15) is 11.6 Å². The summed E-state index contributed by atoms with van der Waals surface area (Å²) in [5.41, 5.74) is 1.14. The van der Waals surface area contributed by atoms with Crippen molar-refractivity contribution >= 4 is 11.6 Å². The number of halogens is 2. The molecule has 1 amide bonds. The normalized spacial score (nSPS) is 17.9. The second-order valence-corrected chi connectivity index (χ2v) is 7.29. The number of hydrogen-bond acceptors (Lipinski definition) is 5. The van der Waals surface area contributed by atoms with Crippen molar-refractivity contribution in [1.29, 1.82) is 0 Å². The number of hydrogen-bond donors (Lipinski definition) is 1. The minimum Gasteiger partial charge on any atom is -0.454 e. The number of carbonyl (C=O) groups excluding carboxylic acids is 1. The molecule has 6 nitrogen and oxygen atoms in total. The molecule has 0 bridgehead atoms. The fourth-order valence-electron chi connectivity index (χ4n) is 3.60. The summed E-state index contributed by atoms with van der Waals surface area (Å²) in [6, 6.07) is 8.67. The Morgan fingerprint density at radius 2 is 1.83 bits per heavy atom. The lowest BCUT2D eigenvalue weighted by molar-refractivity contribution is -0.121. The molecular weight excluding hydrogens is 380 g/mol. The molecule has 2 aromatic rings. The van der Waals surface area contributed by atoms with Crippen LogP contribution in [0.2, 0.25) is 0 Å². The number of amides is 1. The third-order valence-corrected chi connectivity index (χ3v) is 5.37. The molecule has 2 aromatic carbocycles. The van der Waals surface area contributed by atoms with Crippen LogP contribution in [0, 0.1) is 11.6 Å². The van der Waals surface area contributed by atoms with Crippen molar-refractivity contribution in [2.75, 3.05) is 38.3 Å². The second kappa shape index (κ2) is 8.34. The lowest BCUT2D eigenvalue weighted by atomic mass is 10.1. The van der Waals surface area contributed by atoms with Gasteiger partial charge in [0.2, 0.25) is 12.7 Å². The van der Waals surface area contributed by atoms with E-state index in [-0.39, 0.29) is 18.4 Å². The maximum absolute atomic E-state index is 13.8. The first kappa shape index (κ1) is 19.6. The van der Waals surface area contributed by atoms with Crippen LogP contribution in [0.15, 0.2) is 36.4 Å². The standard InChI is InChI=1S/C21H23F2N3O3/c1-14(21(27)24-18-4-3-16(22)11-17(18)23)26-8-6-25(7-9-26)12-15-2-5-19-20(10-15)29-13-28-19/h2-5,10-11,14H,6-9,12-13H2,1H3,(H,24,27)/t14-/m1/s1. The quantitative estimate of drug-likeness (QED) is 0.832. The highest BCUT2D eigenvalue weighted by Crippen LogP contribution is 2.32. The molecule has 2 aliphatic heterocycles. The minimum atomic E-state index is -0.779. The molecule has 2 aliphatic rings. The van der Waals surface area contributed by atoms with Gasteiger partial charge in [-0.2, -0.15) is 0 Å². The predicted octanol–water partition coefficient (Wildman–Crippen LogP) is 2.84. The van der Waals surface area contributed by atoms with Gasteiger partial charge in [0.05, 0.1) is 11.7 Å². The summed E-state index contributed by atoms with van der Waals surface area (Å²) in [6.45, 7) is 5.94. The molecular formula is C21H23F2N3O3. The van der Waals surface area contributed by atoms with Crippen LogP contribution in [-0.4, -0.2) is 54.7 Å². The third kappa shape index (κ3) is 4.49. The molecule has 2 heterocycles. The van der Waals surface area contributed by atoms with E-state index in [1.54, 1.807) is 6.92 Å². The van der Waals surface area contributed by atoms with E-state index in [1.807, 2.05) is 18.2 Å². The van der Waals surface area contributed by atoms with E-state index in [0.29, 0.717) is 0 Å². The Morgan fingerprint density at radius 1 is 1.07 bits per heavy atom. The number of nitrogens with zero attached hydrogens (tertiary/aromatic N) is 2. The Kier molecular flexibility index (Phi) is 5.64. The number of anilines is 1. The third-order valence-electron chi connectivity index (χ3n) is 5.37. The number of piperazine rings is 1. The highest BCUT2D eigenvalue weighted by Gasteiger charge is 2.26. The van der Waals surface area contributed by atoms with Crippen LogP contribution in [0.3, 0.4) is 0 Å². The van der Waals surface area contributed by atoms with Crippen molar-refractivity contribution < 1.29 is 23.0 Å². The summed E-state index contributed by atoms with van der Waals surface area (Å²) >= 11 is 0. The summed E-state index contributed by atoms with van der Waals surface area (Å²) in [6.07, 6.45) is 0. The van der Waals surface area contributed by atoms with Crippen LogP contribution in [0.1, 0.15) is 12.5 Å². The Morgan fingerprint density at radius 3 is 2.59 bits per heavy atom. The van der Waals surface area contributed by atoms with Gasteiger partial charge in [-0.3, -0.25) is 14.6 Å². The van der Waals surface area contributed by atoms with Crippen molar-refractivity contribution in [2.45, 2.75) is 19.5 Å². The Hall–Kier alpha value is -2.71. The summed E-state index contributed by atoms with van der Waals surface area (Å²) in [5, 5.41) is 2.55. The van der Waals surface area contributed by atoms with Gasteiger partial charge in [-0.15, -0.1) is 0 Å². The number of benzene rings is 2. The summed E-state index contributed by atoms with van der Waals surface area (Å²) in [4.78, 5) is 16.9. The largest absolute Gasteiger partial charge is 0.454 e. The van der Waals surface area contributed by atoms with E-state index < -0.39 is 17.7 Å². The zero-order valence-electron chi connectivity index (χ0n) is 16.2. The first-order valence-electron chi connectivity index (χ1n) is 9.60. The van der Waals surface area contributed by atoms with Gasteiger partial charge in [-0.1, -0.05) is 6.07 Å². The van der Waals surface area contributed by atoms with Crippen molar-refractivity contribution in [3.8, 4) is 11.5 Å². The summed E-state index contributed by atoms with van der Waals surface area (Å²) in [5.74, 6) is -0.207. The monoisotopic (exact) mass is 403 g/mol. The highest BCUT2D eigenvalue weighted by atomic mass is 19.1. The molecule has 0 unspecified atom stereocenters. The molecule has 1 saturated heterocycles. The molecule has 1 atom stereocenters. The molecule has 0 aromatic heterocycles. The van der Waals surface area contributed by atoms with Crippen LogP contribution < -0.4 is 14.8 Å². The van der Waals surface area contributed by atoms with Gasteiger partial charge in [0.15, 0.2) is 11.5 Å². The lowest BCUT2D eigenvalue weighted by Crippen LogP contribution is -2.52. The van der Waals surface area contributed by atoms with Gasteiger partial charge in [-0.25, -0.2) is 8.78 Å². The van der Waals surface area contributed by atoms with Gasteiger partial charge in [-0.05, 0) is 36.8 Å². The van der Waals surface area contributed by atoms with Crippen LogP contribution in [0.5, 0.6) is 11.5 Å². The fraction of sp³-hybridized carbons (Fsp3) is 0.381. The zero-order chi connectivity index (χ0) is 20.4. The molecule has 4 rings (SSSR count). The van der Waals surface area contributed by atoms with E-state index in [1.165, 1.54) is 6.07 Å². The molecule has 0 spiro atoms. The maximum Gasteiger partial charge on any atom is 0.241 e. The lowest BCUT2D eigenvalue weighted by Gasteiger charge is -2.37. The van der Waals surface area contributed by atoms with Crippen LogP contribution >= 0.6 is 0 Å². The topological polar surface area (TPSA) is 54.0 Å². The minimum absolute atomic E-state index is 0.00954. The second-order valence-electron chi connectivity index (χ2n) is 7.29. The molecule has 0 saturated carbocycles. The predicted molar refractivity (Wildman–Crippen MR) is 104 cm³/mol. The van der Waals surface area contributed by atoms with Crippen LogP contribution in [-0.2, 0) is 11.3 Å². The number of nitrogens with one attached hydrogen (secondary N) is 1. The Labute approximate surface area is 168 Å². The smallest absolute Gasteiger partial charge is 0.241 e. The van der Waals surface area contributed by atoms with Crippen molar-refractivity contribution in [3.05, 3.63) is 53.6 Å². The molecule has 0 aliphatic carbocycles. The zero-order valence-corrected chi connectivity index (χ0v) is 16.2. The van der Waals surface area contributed by atoms with Gasteiger partial charge in [0, 0.05) is 38.8 Å². The van der Waals surface area contributed by atoms with Gasteiger partial charge < -0.3 is 14.8 Å². The van der Waals surface area contributed by atoms with Crippen LogP contribution in [0.25, 0.3) is 0 Å². The molecule has 1 N–H and O–H groups in total. The fourth-order valence-corrected chi connectivity index (χ4v) is 3.60. The highest BCUT2D eigenvalue weighted by molar-refractivity contribution is 5.94. The van der Waals surface area contributed by atoms with E-state index >= 15 is 0 Å². The summed E-state index contributed by atoms with van der Waals surface area (Å²) in [7, 11) is 0. The Balaban J connectivity index is 1.29. The van der Waals surface area contributed by atoms with Crippen molar-refractivity contribution in [2.24, 2.45) is 0 Å². The molecule has 29 heavy (non-hydrogen) atoms. The van der Waals surface area contributed by atoms with Gasteiger partial charge >= 0.3 is 0 Å². The van der Waals surface area contributed by atoms with E-state index in [4.69, 9.17) is 9.47 Å². The molecule has 154 valence electrons. The number of ether oxygens (including phenoxy) is 2. The molecule has 1 fully saturated rings. The average Bonchev–Trinajstić information content (AvgIpc) is 3.18. The summed E-state index contributed by atoms with van der Waals surface area (Å²) < 4.78 is 37.5. The number of carbonyl (C=O) groups is 1. The average molecular weight is 403 g/mol. The van der Waals surface area contributed by atoms with Crippen molar-refractivity contribution in [1.82, 2.24) is 9.80 Å². The van der Waals surface area contributed by atoms with Gasteiger partial charge in [0.25, 0.3) is 0 Å². The van der Waals surface area contributed by atoms with E-state index in [9.17, 15) is 13.6 Å².